The van der Waals surface area contributed by atoms with Gasteiger partial charge in [-0.3, -0.25) is 0 Å². The molecule has 0 saturated carbocycles. The number of rotatable bonds is 0. The highest BCUT2D eigenvalue weighted by molar-refractivity contribution is 6.87. The number of hydrogen-bond acceptors (Lipinski definition) is 1. The standard InChI is InChI=1S/C12H8B2O/c15-8-5-6-11-12(7-8)14-10-4-2-1-3-9(10)13-11/h1-7,15H. The zero-order chi connectivity index (χ0) is 10.3. The first-order valence-corrected chi connectivity index (χ1v) is 4.94. The molecule has 3 heteroatoms. The van der Waals surface area contributed by atoms with E-state index in [0.717, 1.165) is 10.9 Å². The fourth-order valence-electron chi connectivity index (χ4n) is 1.93. The first-order chi connectivity index (χ1) is 7.33. The Labute approximate surface area is 90.3 Å². The predicted molar refractivity (Wildman–Crippen MR) is 64.6 cm³/mol. The molecule has 1 aliphatic heterocycles. The third kappa shape index (κ3) is 1.44. The highest BCUT2D eigenvalue weighted by atomic mass is 16.3. The number of aromatic hydroxyl groups is 1. The number of benzene rings is 2. The van der Waals surface area contributed by atoms with Gasteiger partial charge in [-0.1, -0.05) is 52.2 Å². The quantitative estimate of drug-likeness (QED) is 0.451. The average molecular weight is 190 g/mol. The van der Waals surface area contributed by atoms with Crippen LogP contribution in [0.3, 0.4) is 0 Å². The lowest BCUT2D eigenvalue weighted by molar-refractivity contribution is 0.476. The van der Waals surface area contributed by atoms with E-state index in [4.69, 9.17) is 0 Å². The molecular weight excluding hydrogens is 182 g/mol. The molecule has 0 bridgehead atoms. The summed E-state index contributed by atoms with van der Waals surface area (Å²) in [4.78, 5) is 0. The van der Waals surface area contributed by atoms with E-state index in [1.54, 1.807) is 12.1 Å². The lowest BCUT2D eigenvalue weighted by Gasteiger charge is -2.18. The fraction of sp³-hybridized carbons (Fsp3) is 0. The van der Waals surface area contributed by atoms with Crippen LogP contribution in [0.2, 0.25) is 0 Å². The van der Waals surface area contributed by atoms with Crippen LogP contribution in [-0.2, 0) is 0 Å². The molecule has 0 amide bonds. The molecule has 15 heavy (non-hydrogen) atoms. The van der Waals surface area contributed by atoms with Crippen molar-refractivity contribution in [1.29, 1.82) is 0 Å². The summed E-state index contributed by atoms with van der Waals surface area (Å²) < 4.78 is 0. The molecule has 0 aliphatic carbocycles. The Balaban J connectivity index is 2.11. The van der Waals surface area contributed by atoms with E-state index in [1.807, 2.05) is 18.2 Å². The molecule has 0 aromatic heterocycles. The van der Waals surface area contributed by atoms with Crippen LogP contribution in [0, 0.1) is 0 Å². The van der Waals surface area contributed by atoms with Crippen LogP contribution in [-0.4, -0.2) is 19.7 Å². The SMILES string of the molecule is Oc1ccc2c(c1)[B]c1ccccc1[B]2. The van der Waals surface area contributed by atoms with Crippen LogP contribution < -0.4 is 21.9 Å². The van der Waals surface area contributed by atoms with Crippen molar-refractivity contribution >= 4 is 36.4 Å². The summed E-state index contributed by atoms with van der Waals surface area (Å²) in [6, 6.07) is 13.7. The van der Waals surface area contributed by atoms with E-state index in [9.17, 15) is 5.11 Å². The van der Waals surface area contributed by atoms with Gasteiger partial charge in [0.1, 0.15) is 5.75 Å². The van der Waals surface area contributed by atoms with E-state index in [0.29, 0.717) is 5.75 Å². The van der Waals surface area contributed by atoms with Crippen LogP contribution >= 0.6 is 0 Å². The van der Waals surface area contributed by atoms with Gasteiger partial charge in [0.25, 0.3) is 0 Å². The van der Waals surface area contributed by atoms with Gasteiger partial charge in [-0.05, 0) is 12.1 Å². The second-order valence-electron chi connectivity index (χ2n) is 3.73. The van der Waals surface area contributed by atoms with Gasteiger partial charge in [-0.15, -0.1) is 0 Å². The van der Waals surface area contributed by atoms with E-state index in [2.05, 4.69) is 26.7 Å². The maximum absolute atomic E-state index is 9.40. The summed E-state index contributed by atoms with van der Waals surface area (Å²) in [5, 5.41) is 9.40. The highest BCUT2D eigenvalue weighted by Gasteiger charge is 2.16. The molecular formula is C12H8B2O. The molecule has 0 atom stereocenters. The maximum Gasteiger partial charge on any atom is 0.190 e. The normalized spacial score (nSPS) is 12.0. The summed E-state index contributed by atoms with van der Waals surface area (Å²) in [5.41, 5.74) is 4.67. The molecule has 0 saturated heterocycles. The zero-order valence-electron chi connectivity index (χ0n) is 8.14. The van der Waals surface area contributed by atoms with Gasteiger partial charge in [0, 0.05) is 0 Å². The Morgan fingerprint density at radius 3 is 2.07 bits per heavy atom. The Bertz CT molecular complexity index is 523. The smallest absolute Gasteiger partial charge is 0.190 e. The highest BCUT2D eigenvalue weighted by Crippen LogP contribution is 2.02. The van der Waals surface area contributed by atoms with Gasteiger partial charge >= 0.3 is 0 Å². The summed E-state index contributed by atoms with van der Waals surface area (Å²) in [6.07, 6.45) is 0. The van der Waals surface area contributed by atoms with E-state index >= 15 is 0 Å². The topological polar surface area (TPSA) is 20.2 Å². The van der Waals surface area contributed by atoms with Crippen molar-refractivity contribution in [3.05, 3.63) is 42.5 Å². The summed E-state index contributed by atoms with van der Waals surface area (Å²) >= 11 is 0. The van der Waals surface area contributed by atoms with Crippen molar-refractivity contribution in [2.75, 3.05) is 0 Å². The summed E-state index contributed by atoms with van der Waals surface area (Å²) in [7, 11) is 4.24. The minimum Gasteiger partial charge on any atom is -0.508 e. The molecule has 0 unspecified atom stereocenters. The molecule has 1 heterocycles. The number of phenolic OH excluding ortho intramolecular Hbond substituents is 1. The van der Waals surface area contributed by atoms with E-state index < -0.39 is 0 Å². The largest absolute Gasteiger partial charge is 0.508 e. The monoisotopic (exact) mass is 190 g/mol. The van der Waals surface area contributed by atoms with Crippen LogP contribution in [0.25, 0.3) is 0 Å². The Kier molecular flexibility index (Phi) is 1.84. The molecule has 1 aliphatic rings. The second-order valence-corrected chi connectivity index (χ2v) is 3.73. The first-order valence-electron chi connectivity index (χ1n) is 4.94. The molecule has 0 fully saturated rings. The van der Waals surface area contributed by atoms with Crippen LogP contribution in [0.15, 0.2) is 42.5 Å². The van der Waals surface area contributed by atoms with Gasteiger partial charge in [0.2, 0.25) is 0 Å². The first kappa shape index (κ1) is 8.66. The van der Waals surface area contributed by atoms with Gasteiger partial charge in [-0.25, -0.2) is 0 Å². The Hall–Kier alpha value is -1.63. The molecule has 2 radical (unpaired) electrons. The number of phenols is 1. The number of hydrogen-bond donors (Lipinski definition) is 1. The number of fused-ring (bicyclic) bond motifs is 2. The summed E-state index contributed by atoms with van der Waals surface area (Å²) in [6.45, 7) is 0. The molecule has 2 aromatic carbocycles. The van der Waals surface area contributed by atoms with E-state index in [-0.39, 0.29) is 0 Å². The van der Waals surface area contributed by atoms with Crippen LogP contribution in [0.4, 0.5) is 0 Å². The van der Waals surface area contributed by atoms with Crippen LogP contribution in [0.1, 0.15) is 0 Å². The molecule has 1 N–H and O–H groups in total. The van der Waals surface area contributed by atoms with Gasteiger partial charge in [-0.2, -0.15) is 0 Å². The predicted octanol–water partition coefficient (Wildman–Crippen LogP) is -0.984. The Morgan fingerprint density at radius 1 is 0.733 bits per heavy atom. The Morgan fingerprint density at radius 2 is 1.33 bits per heavy atom. The molecule has 1 nitrogen and oxygen atoms in total. The van der Waals surface area contributed by atoms with Crippen molar-refractivity contribution in [2.24, 2.45) is 0 Å². The van der Waals surface area contributed by atoms with Crippen molar-refractivity contribution in [3.8, 4) is 5.75 Å². The fourth-order valence-corrected chi connectivity index (χ4v) is 1.93. The van der Waals surface area contributed by atoms with Gasteiger partial charge in [0.05, 0.1) is 0 Å². The molecule has 68 valence electrons. The lowest BCUT2D eigenvalue weighted by Crippen LogP contribution is -2.56. The second kappa shape index (κ2) is 3.20. The van der Waals surface area contributed by atoms with Gasteiger partial charge in [0.15, 0.2) is 14.6 Å². The molecule has 2 aromatic rings. The van der Waals surface area contributed by atoms with Crippen molar-refractivity contribution in [2.45, 2.75) is 0 Å². The minimum atomic E-state index is 0.317. The van der Waals surface area contributed by atoms with Crippen molar-refractivity contribution in [3.63, 3.8) is 0 Å². The minimum absolute atomic E-state index is 0.317. The zero-order valence-corrected chi connectivity index (χ0v) is 8.14. The third-order valence-electron chi connectivity index (χ3n) is 2.69. The summed E-state index contributed by atoms with van der Waals surface area (Å²) in [5.74, 6) is 0.317. The van der Waals surface area contributed by atoms with Gasteiger partial charge < -0.3 is 5.11 Å². The molecule has 0 spiro atoms. The van der Waals surface area contributed by atoms with Crippen LogP contribution in [0.5, 0.6) is 5.75 Å². The lowest BCUT2D eigenvalue weighted by atomic mass is 9.44. The van der Waals surface area contributed by atoms with E-state index in [1.165, 1.54) is 10.9 Å². The average Bonchev–Trinajstić information content (AvgIpc) is 2.26. The van der Waals surface area contributed by atoms with Crippen molar-refractivity contribution in [1.82, 2.24) is 0 Å². The molecule has 3 rings (SSSR count). The maximum atomic E-state index is 9.40. The third-order valence-corrected chi connectivity index (χ3v) is 2.69. The van der Waals surface area contributed by atoms with Crippen molar-refractivity contribution < 1.29 is 5.11 Å².